The Morgan fingerprint density at radius 1 is 1.50 bits per heavy atom. The van der Waals surface area contributed by atoms with Gasteiger partial charge in [-0.1, -0.05) is 5.16 Å². The SMILES string of the molecule is COCCn1cc2c(n1)[C@@H](CNC(=O)c1c(C)noc1C)OCC2. The summed E-state index contributed by atoms with van der Waals surface area (Å²) in [5.41, 5.74) is 3.11. The van der Waals surface area contributed by atoms with E-state index in [9.17, 15) is 4.79 Å². The Morgan fingerprint density at radius 3 is 3.04 bits per heavy atom. The molecule has 130 valence electrons. The fraction of sp³-hybridized carbons (Fsp3) is 0.562. The Morgan fingerprint density at radius 2 is 2.33 bits per heavy atom. The lowest BCUT2D eigenvalue weighted by Crippen LogP contribution is -2.32. The number of carbonyl (C=O) groups is 1. The average molecular weight is 334 g/mol. The number of amides is 1. The van der Waals surface area contributed by atoms with Crippen LogP contribution in [0, 0.1) is 13.8 Å². The van der Waals surface area contributed by atoms with Crippen molar-refractivity contribution in [2.75, 3.05) is 26.9 Å². The van der Waals surface area contributed by atoms with Crippen LogP contribution in [0.15, 0.2) is 10.7 Å². The van der Waals surface area contributed by atoms with Crippen molar-refractivity contribution < 1.29 is 18.8 Å². The van der Waals surface area contributed by atoms with Gasteiger partial charge < -0.3 is 19.3 Å². The number of carbonyl (C=O) groups excluding carboxylic acids is 1. The van der Waals surface area contributed by atoms with Gasteiger partial charge in [0.15, 0.2) is 0 Å². The fourth-order valence-corrected chi connectivity index (χ4v) is 2.87. The first-order chi connectivity index (χ1) is 11.6. The van der Waals surface area contributed by atoms with Crippen molar-refractivity contribution in [1.82, 2.24) is 20.3 Å². The van der Waals surface area contributed by atoms with Crippen LogP contribution in [0.5, 0.6) is 0 Å². The Labute approximate surface area is 140 Å². The number of nitrogens with zero attached hydrogens (tertiary/aromatic N) is 3. The first kappa shape index (κ1) is 16.7. The van der Waals surface area contributed by atoms with Crippen molar-refractivity contribution in [2.45, 2.75) is 32.9 Å². The zero-order valence-electron chi connectivity index (χ0n) is 14.2. The van der Waals surface area contributed by atoms with Gasteiger partial charge in [0, 0.05) is 19.9 Å². The molecular formula is C16H22N4O4. The highest BCUT2D eigenvalue weighted by Gasteiger charge is 2.26. The van der Waals surface area contributed by atoms with Crippen LogP contribution in [0.25, 0.3) is 0 Å². The summed E-state index contributed by atoms with van der Waals surface area (Å²) in [6.45, 7) is 5.75. The highest BCUT2D eigenvalue weighted by Crippen LogP contribution is 2.25. The number of fused-ring (bicyclic) bond motifs is 1. The van der Waals surface area contributed by atoms with Crippen LogP contribution < -0.4 is 5.32 Å². The summed E-state index contributed by atoms with van der Waals surface area (Å²) >= 11 is 0. The summed E-state index contributed by atoms with van der Waals surface area (Å²) in [4.78, 5) is 12.3. The van der Waals surface area contributed by atoms with Gasteiger partial charge in [0.05, 0.1) is 31.1 Å². The summed E-state index contributed by atoms with van der Waals surface area (Å²) in [7, 11) is 1.67. The van der Waals surface area contributed by atoms with Gasteiger partial charge >= 0.3 is 0 Å². The molecule has 0 aliphatic carbocycles. The maximum absolute atomic E-state index is 12.3. The number of aromatic nitrogens is 3. The monoisotopic (exact) mass is 334 g/mol. The molecule has 0 fully saturated rings. The third kappa shape index (κ3) is 3.34. The maximum Gasteiger partial charge on any atom is 0.256 e. The van der Waals surface area contributed by atoms with Crippen LogP contribution in [0.2, 0.25) is 0 Å². The van der Waals surface area contributed by atoms with Crippen molar-refractivity contribution in [3.8, 4) is 0 Å². The van der Waals surface area contributed by atoms with Crippen LogP contribution in [0.4, 0.5) is 0 Å². The maximum atomic E-state index is 12.3. The molecule has 1 aliphatic heterocycles. The van der Waals surface area contributed by atoms with Crippen LogP contribution in [0.1, 0.15) is 39.2 Å². The molecule has 0 unspecified atom stereocenters. The van der Waals surface area contributed by atoms with Crippen molar-refractivity contribution in [1.29, 1.82) is 0 Å². The molecule has 1 aliphatic rings. The lowest BCUT2D eigenvalue weighted by Gasteiger charge is -2.22. The topological polar surface area (TPSA) is 91.4 Å². The van der Waals surface area contributed by atoms with Gasteiger partial charge in [0.2, 0.25) is 0 Å². The van der Waals surface area contributed by atoms with E-state index < -0.39 is 0 Å². The molecule has 0 saturated heterocycles. The number of hydrogen-bond donors (Lipinski definition) is 1. The van der Waals surface area contributed by atoms with Crippen molar-refractivity contribution >= 4 is 5.91 Å². The standard InChI is InChI=1S/C16H22N4O4/c1-10-14(11(2)24-19-10)16(21)17-8-13-15-12(4-6-23-13)9-20(18-15)5-7-22-3/h9,13H,4-8H2,1-3H3,(H,17,21)/t13-/m1/s1. The van der Waals surface area contributed by atoms with Crippen molar-refractivity contribution in [3.63, 3.8) is 0 Å². The van der Waals surface area contributed by atoms with Gasteiger partial charge in [-0.05, 0) is 25.8 Å². The van der Waals surface area contributed by atoms with Gasteiger partial charge in [-0.2, -0.15) is 5.10 Å². The van der Waals surface area contributed by atoms with Gasteiger partial charge in [0.1, 0.15) is 17.4 Å². The predicted octanol–water partition coefficient (Wildman–Crippen LogP) is 1.18. The number of rotatable bonds is 6. The average Bonchev–Trinajstić information content (AvgIpc) is 3.13. The third-order valence-corrected chi connectivity index (χ3v) is 4.10. The highest BCUT2D eigenvalue weighted by atomic mass is 16.5. The van der Waals surface area contributed by atoms with Crippen molar-refractivity contribution in [2.24, 2.45) is 0 Å². The molecule has 0 saturated carbocycles. The minimum Gasteiger partial charge on any atom is -0.383 e. The number of methoxy groups -OCH3 is 1. The van der Waals surface area contributed by atoms with Crippen LogP contribution in [0.3, 0.4) is 0 Å². The van der Waals surface area contributed by atoms with E-state index in [1.165, 1.54) is 0 Å². The largest absolute Gasteiger partial charge is 0.383 e. The molecule has 8 nitrogen and oxygen atoms in total. The van der Waals surface area contributed by atoms with E-state index in [0.29, 0.717) is 43.3 Å². The summed E-state index contributed by atoms with van der Waals surface area (Å²) in [5.74, 6) is 0.305. The molecule has 2 aromatic rings. The second-order valence-electron chi connectivity index (χ2n) is 5.81. The van der Waals surface area contributed by atoms with Gasteiger partial charge in [0.25, 0.3) is 5.91 Å². The Hall–Kier alpha value is -2.19. The first-order valence-electron chi connectivity index (χ1n) is 7.98. The minimum absolute atomic E-state index is 0.208. The van der Waals surface area contributed by atoms with E-state index in [0.717, 1.165) is 17.7 Å². The Bertz CT molecular complexity index is 702. The van der Waals surface area contributed by atoms with Crippen LogP contribution >= 0.6 is 0 Å². The van der Waals surface area contributed by atoms with Gasteiger partial charge in [-0.15, -0.1) is 0 Å². The molecule has 0 bridgehead atoms. The molecule has 8 heteroatoms. The lowest BCUT2D eigenvalue weighted by molar-refractivity contribution is 0.0382. The van der Waals surface area contributed by atoms with Crippen LogP contribution in [-0.2, 0) is 22.4 Å². The van der Waals surface area contributed by atoms with E-state index in [4.69, 9.17) is 14.0 Å². The second-order valence-corrected chi connectivity index (χ2v) is 5.81. The van der Waals surface area contributed by atoms with E-state index in [1.807, 2.05) is 10.9 Å². The summed E-state index contributed by atoms with van der Waals surface area (Å²) < 4.78 is 17.8. The second kappa shape index (κ2) is 7.14. The number of ether oxygens (including phenoxy) is 2. The van der Waals surface area contributed by atoms with Crippen LogP contribution in [-0.4, -0.2) is 47.7 Å². The third-order valence-electron chi connectivity index (χ3n) is 4.10. The molecule has 1 N–H and O–H groups in total. The normalized spacial score (nSPS) is 16.9. The molecule has 24 heavy (non-hydrogen) atoms. The predicted molar refractivity (Wildman–Crippen MR) is 84.8 cm³/mol. The van der Waals surface area contributed by atoms with E-state index in [-0.39, 0.29) is 12.0 Å². The number of aryl methyl sites for hydroxylation is 2. The van der Waals surface area contributed by atoms with E-state index >= 15 is 0 Å². The molecule has 2 aromatic heterocycles. The Kier molecular flexibility index (Phi) is 4.96. The zero-order chi connectivity index (χ0) is 17.1. The fourth-order valence-electron chi connectivity index (χ4n) is 2.87. The quantitative estimate of drug-likeness (QED) is 0.853. The molecule has 3 heterocycles. The molecular weight excluding hydrogens is 312 g/mol. The van der Waals surface area contributed by atoms with Crippen molar-refractivity contribution in [3.05, 3.63) is 34.5 Å². The molecule has 0 aromatic carbocycles. The first-order valence-corrected chi connectivity index (χ1v) is 7.98. The Balaban J connectivity index is 1.67. The van der Waals surface area contributed by atoms with Gasteiger partial charge in [-0.25, -0.2) is 0 Å². The zero-order valence-corrected chi connectivity index (χ0v) is 14.2. The van der Waals surface area contributed by atoms with E-state index in [2.05, 4.69) is 15.6 Å². The lowest BCUT2D eigenvalue weighted by atomic mass is 10.1. The summed E-state index contributed by atoms with van der Waals surface area (Å²) in [6, 6.07) is 0. The molecule has 1 amide bonds. The highest BCUT2D eigenvalue weighted by molar-refractivity contribution is 5.96. The number of hydrogen-bond acceptors (Lipinski definition) is 6. The van der Waals surface area contributed by atoms with E-state index in [1.54, 1.807) is 21.0 Å². The summed E-state index contributed by atoms with van der Waals surface area (Å²) in [6.07, 6.45) is 2.61. The minimum atomic E-state index is -0.248. The molecule has 0 radical (unpaired) electrons. The van der Waals surface area contributed by atoms with Gasteiger partial charge in [-0.3, -0.25) is 9.48 Å². The smallest absolute Gasteiger partial charge is 0.256 e. The molecule has 1 atom stereocenters. The molecule has 0 spiro atoms. The molecule has 3 rings (SSSR count). The number of nitrogens with one attached hydrogen (secondary N) is 1. The summed E-state index contributed by atoms with van der Waals surface area (Å²) in [5, 5.41) is 11.3.